The van der Waals surface area contributed by atoms with Gasteiger partial charge in [0.2, 0.25) is 0 Å². The Labute approximate surface area is 105 Å². The Bertz CT molecular complexity index is 512. The Kier molecular flexibility index (Phi) is 3.19. The van der Waals surface area contributed by atoms with Crippen LogP contribution in [0.25, 0.3) is 0 Å². The van der Waals surface area contributed by atoms with E-state index in [0.717, 1.165) is 11.4 Å². The molecule has 1 atom stereocenters. The summed E-state index contributed by atoms with van der Waals surface area (Å²) in [5, 5.41) is 5.22. The van der Waals surface area contributed by atoms with E-state index in [-0.39, 0.29) is 5.92 Å². The van der Waals surface area contributed by atoms with E-state index >= 15 is 0 Å². The molecule has 5 heteroatoms. The van der Waals surface area contributed by atoms with Gasteiger partial charge < -0.3 is 5.73 Å². The number of nitrogens with zero attached hydrogens (tertiary/aromatic N) is 3. The van der Waals surface area contributed by atoms with Crippen molar-refractivity contribution in [2.45, 2.75) is 39.7 Å². The maximum atomic E-state index is 5.73. The first-order valence-corrected chi connectivity index (χ1v) is 6.58. The largest absolute Gasteiger partial charge is 0.375 e. The Balaban J connectivity index is 2.30. The van der Waals surface area contributed by atoms with Crippen molar-refractivity contribution in [2.75, 3.05) is 5.73 Å². The summed E-state index contributed by atoms with van der Waals surface area (Å²) in [7, 11) is 0. The molecule has 2 rings (SSSR count). The predicted molar refractivity (Wildman–Crippen MR) is 71.4 cm³/mol. The van der Waals surface area contributed by atoms with E-state index in [1.165, 1.54) is 4.88 Å². The van der Waals surface area contributed by atoms with Crippen LogP contribution in [0.1, 0.15) is 49.0 Å². The Hall–Kier alpha value is -1.36. The third kappa shape index (κ3) is 2.34. The topological polar surface area (TPSA) is 56.7 Å². The average molecular weight is 250 g/mol. The van der Waals surface area contributed by atoms with Gasteiger partial charge in [0.1, 0.15) is 0 Å². The zero-order valence-electron chi connectivity index (χ0n) is 10.6. The number of thiazole rings is 1. The van der Waals surface area contributed by atoms with Crippen molar-refractivity contribution in [1.82, 2.24) is 14.8 Å². The van der Waals surface area contributed by atoms with Crippen molar-refractivity contribution in [3.63, 3.8) is 0 Å². The van der Waals surface area contributed by atoms with E-state index in [9.17, 15) is 0 Å². The van der Waals surface area contributed by atoms with Crippen molar-refractivity contribution in [1.29, 1.82) is 0 Å². The summed E-state index contributed by atoms with van der Waals surface area (Å²) in [6, 6.07) is 2.46. The normalized spacial score (nSPS) is 13.2. The zero-order valence-corrected chi connectivity index (χ0v) is 11.5. The van der Waals surface area contributed by atoms with Gasteiger partial charge in [0.15, 0.2) is 5.13 Å². The van der Waals surface area contributed by atoms with Crippen LogP contribution in [-0.4, -0.2) is 14.8 Å². The molecule has 92 valence electrons. The van der Waals surface area contributed by atoms with Gasteiger partial charge in [0, 0.05) is 23.0 Å². The first-order chi connectivity index (χ1) is 7.99. The van der Waals surface area contributed by atoms with Crippen LogP contribution in [-0.2, 0) is 0 Å². The van der Waals surface area contributed by atoms with Crippen LogP contribution in [0.2, 0.25) is 0 Å². The molecule has 0 radical (unpaired) electrons. The second-order valence-electron chi connectivity index (χ2n) is 4.54. The highest BCUT2D eigenvalue weighted by atomic mass is 32.1. The van der Waals surface area contributed by atoms with Gasteiger partial charge in [-0.05, 0) is 26.8 Å². The third-order valence-corrected chi connectivity index (χ3v) is 4.01. The first kappa shape index (κ1) is 12.1. The van der Waals surface area contributed by atoms with Crippen LogP contribution < -0.4 is 5.73 Å². The maximum Gasteiger partial charge on any atom is 0.180 e. The van der Waals surface area contributed by atoms with Crippen LogP contribution in [0.3, 0.4) is 0 Å². The highest BCUT2D eigenvalue weighted by Crippen LogP contribution is 2.31. The SMILES string of the molecule is Cc1nc(N)sc1C(C)c1ccn(C(C)C)n1. The van der Waals surface area contributed by atoms with Crippen LogP contribution in [0.4, 0.5) is 5.13 Å². The Morgan fingerprint density at radius 2 is 2.06 bits per heavy atom. The third-order valence-electron chi connectivity index (χ3n) is 2.84. The van der Waals surface area contributed by atoms with E-state index in [2.05, 4.69) is 36.9 Å². The van der Waals surface area contributed by atoms with Gasteiger partial charge in [0.05, 0.1) is 11.4 Å². The number of anilines is 1. The molecule has 4 nitrogen and oxygen atoms in total. The highest BCUT2D eigenvalue weighted by molar-refractivity contribution is 7.15. The van der Waals surface area contributed by atoms with Gasteiger partial charge in [-0.1, -0.05) is 6.92 Å². The summed E-state index contributed by atoms with van der Waals surface area (Å²) >= 11 is 1.55. The summed E-state index contributed by atoms with van der Waals surface area (Å²) in [6.45, 7) is 8.39. The summed E-state index contributed by atoms with van der Waals surface area (Å²) in [5.41, 5.74) is 7.82. The summed E-state index contributed by atoms with van der Waals surface area (Å²) < 4.78 is 1.98. The molecule has 0 aliphatic carbocycles. The maximum absolute atomic E-state index is 5.73. The minimum Gasteiger partial charge on any atom is -0.375 e. The monoisotopic (exact) mass is 250 g/mol. The number of nitrogens with two attached hydrogens (primary N) is 1. The van der Waals surface area contributed by atoms with Crippen LogP contribution in [0, 0.1) is 6.92 Å². The molecule has 1 unspecified atom stereocenters. The lowest BCUT2D eigenvalue weighted by Gasteiger charge is -2.08. The molecule has 17 heavy (non-hydrogen) atoms. The van der Waals surface area contributed by atoms with E-state index in [1.807, 2.05) is 17.8 Å². The Morgan fingerprint density at radius 1 is 1.35 bits per heavy atom. The summed E-state index contributed by atoms with van der Waals surface area (Å²) in [5.74, 6) is 0.254. The minimum absolute atomic E-state index is 0.254. The van der Waals surface area contributed by atoms with Crippen LogP contribution >= 0.6 is 11.3 Å². The molecule has 2 N–H and O–H groups in total. The number of hydrogen-bond donors (Lipinski definition) is 1. The lowest BCUT2D eigenvalue weighted by molar-refractivity contribution is 0.524. The molecule has 0 fully saturated rings. The second-order valence-corrected chi connectivity index (χ2v) is 5.60. The molecule has 0 saturated carbocycles. The average Bonchev–Trinajstić information content (AvgIpc) is 2.84. The molecule has 0 spiro atoms. The molecular formula is C12H18N4S. The van der Waals surface area contributed by atoms with Crippen molar-refractivity contribution in [3.8, 4) is 0 Å². The highest BCUT2D eigenvalue weighted by Gasteiger charge is 2.17. The van der Waals surface area contributed by atoms with Gasteiger partial charge in [-0.2, -0.15) is 5.10 Å². The number of hydrogen-bond acceptors (Lipinski definition) is 4. The van der Waals surface area contributed by atoms with E-state index in [1.54, 1.807) is 11.3 Å². The lowest BCUT2D eigenvalue weighted by Crippen LogP contribution is -2.03. The van der Waals surface area contributed by atoms with Gasteiger partial charge in [-0.3, -0.25) is 4.68 Å². The van der Waals surface area contributed by atoms with Gasteiger partial charge >= 0.3 is 0 Å². The summed E-state index contributed by atoms with van der Waals surface area (Å²) in [6.07, 6.45) is 2.02. The van der Waals surface area contributed by atoms with E-state index in [4.69, 9.17) is 5.73 Å². The smallest absolute Gasteiger partial charge is 0.180 e. The predicted octanol–water partition coefficient (Wildman–Crippen LogP) is 2.96. The number of nitrogen functional groups attached to an aromatic ring is 1. The molecular weight excluding hydrogens is 232 g/mol. The Morgan fingerprint density at radius 3 is 2.53 bits per heavy atom. The van der Waals surface area contributed by atoms with Crippen LogP contribution in [0.5, 0.6) is 0 Å². The van der Waals surface area contributed by atoms with Crippen molar-refractivity contribution in [3.05, 3.63) is 28.5 Å². The second kappa shape index (κ2) is 4.49. The zero-order chi connectivity index (χ0) is 12.6. The molecule has 0 amide bonds. The van der Waals surface area contributed by atoms with Crippen molar-refractivity contribution >= 4 is 16.5 Å². The van der Waals surface area contributed by atoms with Gasteiger partial charge in [0.25, 0.3) is 0 Å². The molecule has 0 saturated heterocycles. The molecule has 0 aliphatic heterocycles. The fourth-order valence-electron chi connectivity index (χ4n) is 1.84. The molecule has 2 aromatic heterocycles. The van der Waals surface area contributed by atoms with Crippen molar-refractivity contribution < 1.29 is 0 Å². The molecule has 0 bridgehead atoms. The standard InChI is InChI=1S/C12H18N4S/c1-7(2)16-6-5-10(15-16)8(3)11-9(4)14-12(13)17-11/h5-8H,1-4H3,(H2,13,14). The van der Waals surface area contributed by atoms with Gasteiger partial charge in [-0.25, -0.2) is 4.98 Å². The van der Waals surface area contributed by atoms with E-state index < -0.39 is 0 Å². The summed E-state index contributed by atoms with van der Waals surface area (Å²) in [4.78, 5) is 5.47. The fourth-order valence-corrected chi connectivity index (χ4v) is 2.74. The number of rotatable bonds is 3. The number of aryl methyl sites for hydroxylation is 1. The molecule has 0 aromatic carbocycles. The van der Waals surface area contributed by atoms with Crippen molar-refractivity contribution in [2.24, 2.45) is 0 Å². The number of aromatic nitrogens is 3. The van der Waals surface area contributed by atoms with E-state index in [0.29, 0.717) is 11.2 Å². The molecule has 2 heterocycles. The fraction of sp³-hybridized carbons (Fsp3) is 0.500. The molecule has 0 aliphatic rings. The quantitative estimate of drug-likeness (QED) is 0.911. The van der Waals surface area contributed by atoms with Gasteiger partial charge in [-0.15, -0.1) is 11.3 Å². The first-order valence-electron chi connectivity index (χ1n) is 5.77. The lowest BCUT2D eigenvalue weighted by atomic mass is 10.1. The minimum atomic E-state index is 0.254. The van der Waals surface area contributed by atoms with Crippen LogP contribution in [0.15, 0.2) is 12.3 Å². The molecule has 2 aromatic rings.